The molecule has 0 bridgehead atoms. The highest BCUT2D eigenvalue weighted by atomic mass is 32.2. The SMILES string of the molecule is C#CCN(CC)S(=O)(=O)c1cnn(CCCNC(C)C)c1. The largest absolute Gasteiger partial charge is 0.314 e. The van der Waals surface area contributed by atoms with Crippen LogP contribution in [0.2, 0.25) is 0 Å². The number of terminal acetylenes is 1. The lowest BCUT2D eigenvalue weighted by molar-refractivity contribution is 0.463. The van der Waals surface area contributed by atoms with Crippen LogP contribution in [0.3, 0.4) is 0 Å². The Morgan fingerprint density at radius 1 is 1.52 bits per heavy atom. The molecule has 1 aromatic rings. The summed E-state index contributed by atoms with van der Waals surface area (Å²) in [6, 6.07) is 0.445. The van der Waals surface area contributed by atoms with Crippen LogP contribution in [0.5, 0.6) is 0 Å². The van der Waals surface area contributed by atoms with Gasteiger partial charge in [0.2, 0.25) is 10.0 Å². The Morgan fingerprint density at radius 3 is 2.81 bits per heavy atom. The fourth-order valence-corrected chi connectivity index (χ4v) is 3.17. The van der Waals surface area contributed by atoms with Crippen LogP contribution in [-0.2, 0) is 16.6 Å². The minimum absolute atomic E-state index is 0.0717. The summed E-state index contributed by atoms with van der Waals surface area (Å²) in [4.78, 5) is 0.191. The monoisotopic (exact) mass is 312 g/mol. The topological polar surface area (TPSA) is 67.2 Å². The van der Waals surface area contributed by atoms with E-state index in [1.54, 1.807) is 17.8 Å². The molecule has 21 heavy (non-hydrogen) atoms. The van der Waals surface area contributed by atoms with Crippen molar-refractivity contribution in [1.29, 1.82) is 0 Å². The first-order chi connectivity index (χ1) is 9.91. The first-order valence-corrected chi connectivity index (χ1v) is 8.55. The third-order valence-electron chi connectivity index (χ3n) is 2.98. The van der Waals surface area contributed by atoms with Crippen LogP contribution in [0.4, 0.5) is 0 Å². The minimum atomic E-state index is -3.54. The Balaban J connectivity index is 2.67. The van der Waals surface area contributed by atoms with E-state index in [4.69, 9.17) is 6.42 Å². The summed E-state index contributed by atoms with van der Waals surface area (Å²) >= 11 is 0. The predicted octanol–water partition coefficient (Wildman–Crippen LogP) is 0.915. The molecule has 0 spiro atoms. The van der Waals surface area contributed by atoms with Gasteiger partial charge in [-0.15, -0.1) is 6.42 Å². The third-order valence-corrected chi connectivity index (χ3v) is 4.86. The van der Waals surface area contributed by atoms with E-state index in [1.807, 2.05) is 0 Å². The lowest BCUT2D eigenvalue weighted by Gasteiger charge is -2.16. The Labute approximate surface area is 127 Å². The van der Waals surface area contributed by atoms with Crippen molar-refractivity contribution in [3.05, 3.63) is 12.4 Å². The number of sulfonamides is 1. The van der Waals surface area contributed by atoms with Gasteiger partial charge in [0.1, 0.15) is 4.90 Å². The summed E-state index contributed by atoms with van der Waals surface area (Å²) in [5, 5.41) is 7.41. The highest BCUT2D eigenvalue weighted by Crippen LogP contribution is 2.14. The number of nitrogens with zero attached hydrogens (tertiary/aromatic N) is 3. The van der Waals surface area contributed by atoms with E-state index in [9.17, 15) is 8.42 Å². The molecule has 1 aromatic heterocycles. The van der Waals surface area contributed by atoms with Crippen molar-refractivity contribution in [2.45, 2.75) is 44.7 Å². The molecule has 0 fully saturated rings. The van der Waals surface area contributed by atoms with Gasteiger partial charge in [-0.2, -0.15) is 9.40 Å². The van der Waals surface area contributed by atoms with Crippen LogP contribution in [-0.4, -0.2) is 48.2 Å². The normalized spacial score (nSPS) is 12.0. The summed E-state index contributed by atoms with van der Waals surface area (Å²) in [6.45, 7) is 7.90. The first-order valence-electron chi connectivity index (χ1n) is 7.11. The number of aryl methyl sites for hydroxylation is 1. The van der Waals surface area contributed by atoms with Gasteiger partial charge < -0.3 is 5.32 Å². The lowest BCUT2D eigenvalue weighted by atomic mass is 10.3. The number of nitrogens with one attached hydrogen (secondary N) is 1. The second-order valence-electron chi connectivity index (χ2n) is 5.04. The number of hydrogen-bond acceptors (Lipinski definition) is 4. The highest BCUT2D eigenvalue weighted by molar-refractivity contribution is 7.89. The van der Waals surface area contributed by atoms with Crippen molar-refractivity contribution in [2.75, 3.05) is 19.6 Å². The fourth-order valence-electron chi connectivity index (χ4n) is 1.85. The highest BCUT2D eigenvalue weighted by Gasteiger charge is 2.23. The van der Waals surface area contributed by atoms with Gasteiger partial charge in [-0.1, -0.05) is 26.7 Å². The lowest BCUT2D eigenvalue weighted by Crippen LogP contribution is -2.31. The smallest absolute Gasteiger partial charge is 0.247 e. The molecule has 1 rings (SSSR count). The van der Waals surface area contributed by atoms with Gasteiger partial charge in [0.15, 0.2) is 0 Å². The second kappa shape index (κ2) is 8.17. The zero-order valence-corrected chi connectivity index (χ0v) is 13.7. The Morgan fingerprint density at radius 2 is 2.24 bits per heavy atom. The Kier molecular flexibility index (Phi) is 6.89. The maximum absolute atomic E-state index is 12.4. The van der Waals surface area contributed by atoms with E-state index in [-0.39, 0.29) is 11.4 Å². The minimum Gasteiger partial charge on any atom is -0.314 e. The van der Waals surface area contributed by atoms with Crippen molar-refractivity contribution in [2.24, 2.45) is 0 Å². The van der Waals surface area contributed by atoms with Gasteiger partial charge in [0.05, 0.1) is 12.7 Å². The zero-order chi connectivity index (χ0) is 15.9. The molecule has 0 saturated heterocycles. The quantitative estimate of drug-likeness (QED) is 0.544. The van der Waals surface area contributed by atoms with Crippen LogP contribution in [0.25, 0.3) is 0 Å². The van der Waals surface area contributed by atoms with Gasteiger partial charge in [0, 0.05) is 25.3 Å². The van der Waals surface area contributed by atoms with Gasteiger partial charge in [-0.3, -0.25) is 4.68 Å². The molecular weight excluding hydrogens is 288 g/mol. The molecule has 0 aliphatic heterocycles. The molecule has 0 atom stereocenters. The van der Waals surface area contributed by atoms with E-state index >= 15 is 0 Å². The molecule has 0 amide bonds. The van der Waals surface area contributed by atoms with Crippen molar-refractivity contribution in [3.8, 4) is 12.3 Å². The van der Waals surface area contributed by atoms with Crippen molar-refractivity contribution in [1.82, 2.24) is 19.4 Å². The average molecular weight is 312 g/mol. The number of hydrogen-bond donors (Lipinski definition) is 1. The molecule has 0 unspecified atom stereocenters. The summed E-state index contributed by atoms with van der Waals surface area (Å²) in [5.74, 6) is 2.37. The van der Waals surface area contributed by atoms with Gasteiger partial charge >= 0.3 is 0 Å². The van der Waals surface area contributed by atoms with Crippen LogP contribution >= 0.6 is 0 Å². The Hall–Kier alpha value is -1.36. The summed E-state index contributed by atoms with van der Waals surface area (Å²) in [7, 11) is -3.54. The molecule has 0 aromatic carbocycles. The molecule has 118 valence electrons. The van der Waals surface area contributed by atoms with Crippen LogP contribution in [0, 0.1) is 12.3 Å². The molecule has 0 radical (unpaired) electrons. The predicted molar refractivity (Wildman–Crippen MR) is 83.2 cm³/mol. The molecule has 0 aliphatic carbocycles. The fraction of sp³-hybridized carbons (Fsp3) is 0.643. The van der Waals surface area contributed by atoms with E-state index in [0.717, 1.165) is 13.0 Å². The van der Waals surface area contributed by atoms with E-state index < -0.39 is 10.0 Å². The summed E-state index contributed by atoms with van der Waals surface area (Å²) in [6.07, 6.45) is 9.04. The number of aromatic nitrogens is 2. The summed E-state index contributed by atoms with van der Waals surface area (Å²) < 4.78 is 27.6. The van der Waals surface area contributed by atoms with E-state index in [2.05, 4.69) is 30.2 Å². The standard InChI is InChI=1S/C14H24N4O2S/c1-5-9-18(6-2)21(19,20)14-11-16-17(12-14)10-7-8-15-13(3)4/h1,11-13,15H,6-10H2,2-4H3. The average Bonchev–Trinajstić information content (AvgIpc) is 2.90. The molecular formula is C14H24N4O2S. The van der Waals surface area contributed by atoms with Crippen LogP contribution in [0.15, 0.2) is 17.3 Å². The number of rotatable bonds is 9. The summed E-state index contributed by atoms with van der Waals surface area (Å²) in [5.41, 5.74) is 0. The molecule has 6 nitrogen and oxygen atoms in total. The van der Waals surface area contributed by atoms with Crippen LogP contribution in [0.1, 0.15) is 27.2 Å². The van der Waals surface area contributed by atoms with Crippen LogP contribution < -0.4 is 5.32 Å². The van der Waals surface area contributed by atoms with Crippen molar-refractivity contribution < 1.29 is 8.42 Å². The zero-order valence-electron chi connectivity index (χ0n) is 12.9. The second-order valence-corrected chi connectivity index (χ2v) is 6.97. The van der Waals surface area contributed by atoms with Crippen molar-refractivity contribution in [3.63, 3.8) is 0 Å². The maximum atomic E-state index is 12.4. The van der Waals surface area contributed by atoms with Crippen molar-refractivity contribution >= 4 is 10.0 Å². The Bertz CT molecular complexity index is 572. The molecule has 7 heteroatoms. The molecule has 1 heterocycles. The maximum Gasteiger partial charge on any atom is 0.247 e. The first kappa shape index (κ1) is 17.7. The molecule has 0 aliphatic rings. The molecule has 1 N–H and O–H groups in total. The van der Waals surface area contributed by atoms with Gasteiger partial charge in [-0.05, 0) is 13.0 Å². The van der Waals surface area contributed by atoms with Gasteiger partial charge in [0.25, 0.3) is 0 Å². The molecule has 0 saturated carbocycles. The third kappa shape index (κ3) is 5.16. The van der Waals surface area contributed by atoms with E-state index in [0.29, 0.717) is 19.1 Å². The van der Waals surface area contributed by atoms with E-state index in [1.165, 1.54) is 10.5 Å². The van der Waals surface area contributed by atoms with Gasteiger partial charge in [-0.25, -0.2) is 8.42 Å².